The Morgan fingerprint density at radius 1 is 1.31 bits per heavy atom. The molecule has 0 atom stereocenters. The summed E-state index contributed by atoms with van der Waals surface area (Å²) >= 11 is 6.06. The molecule has 0 N–H and O–H groups in total. The van der Waals surface area contributed by atoms with Crippen LogP contribution in [0.2, 0.25) is 5.02 Å². The van der Waals surface area contributed by atoms with Gasteiger partial charge in [0.05, 0.1) is 22.1 Å². The molecule has 2 aromatic carbocycles. The normalized spacial score (nSPS) is 14.9. The van der Waals surface area contributed by atoms with Gasteiger partial charge in [0.2, 0.25) is 5.90 Å². The fraction of sp³-hybridized carbons (Fsp3) is 0.111. The minimum atomic E-state index is -0.663. The zero-order chi connectivity index (χ0) is 18.7. The fourth-order valence-electron chi connectivity index (χ4n) is 2.33. The van der Waals surface area contributed by atoms with Crippen LogP contribution in [0, 0.1) is 10.1 Å². The van der Waals surface area contributed by atoms with Crippen LogP contribution in [0.4, 0.5) is 5.69 Å². The molecule has 0 bridgehead atoms. The second kappa shape index (κ2) is 7.37. The Labute approximate surface area is 153 Å². The van der Waals surface area contributed by atoms with Crippen molar-refractivity contribution >= 4 is 35.2 Å². The SMILES string of the molecule is CCOc1cccc(/C=C2\N=C(c3cc([N+](=O)[O-])ccc3Cl)OC2=O)c1. The Morgan fingerprint density at radius 2 is 2.12 bits per heavy atom. The van der Waals surface area contributed by atoms with Gasteiger partial charge >= 0.3 is 5.97 Å². The van der Waals surface area contributed by atoms with E-state index in [1.54, 1.807) is 30.3 Å². The van der Waals surface area contributed by atoms with E-state index in [1.165, 1.54) is 18.2 Å². The van der Waals surface area contributed by atoms with Crippen LogP contribution in [-0.4, -0.2) is 23.4 Å². The molecule has 0 fully saturated rings. The van der Waals surface area contributed by atoms with Crippen LogP contribution in [-0.2, 0) is 9.53 Å². The van der Waals surface area contributed by atoms with Gasteiger partial charge in [0.15, 0.2) is 5.70 Å². The van der Waals surface area contributed by atoms with Gasteiger partial charge in [-0.15, -0.1) is 0 Å². The van der Waals surface area contributed by atoms with E-state index in [0.29, 0.717) is 17.9 Å². The molecule has 26 heavy (non-hydrogen) atoms. The van der Waals surface area contributed by atoms with Gasteiger partial charge in [0.25, 0.3) is 5.69 Å². The van der Waals surface area contributed by atoms with Crippen molar-refractivity contribution in [3.05, 3.63) is 74.4 Å². The molecule has 0 unspecified atom stereocenters. The lowest BCUT2D eigenvalue weighted by Crippen LogP contribution is -2.06. The first kappa shape index (κ1) is 17.6. The maximum Gasteiger partial charge on any atom is 0.363 e. The highest BCUT2D eigenvalue weighted by Gasteiger charge is 2.27. The highest BCUT2D eigenvalue weighted by molar-refractivity contribution is 6.34. The summed E-state index contributed by atoms with van der Waals surface area (Å²) in [6.45, 7) is 2.40. The van der Waals surface area contributed by atoms with Crippen molar-refractivity contribution in [3.8, 4) is 5.75 Å². The predicted octanol–water partition coefficient (Wildman–Crippen LogP) is 3.99. The van der Waals surface area contributed by atoms with Crippen LogP contribution in [0.15, 0.2) is 53.2 Å². The monoisotopic (exact) mass is 372 g/mol. The molecular formula is C18H13ClN2O5. The van der Waals surface area contributed by atoms with Crippen LogP contribution in [0.25, 0.3) is 6.08 Å². The second-order valence-corrected chi connectivity index (χ2v) is 5.67. The average Bonchev–Trinajstić information content (AvgIpc) is 2.96. The van der Waals surface area contributed by atoms with Crippen molar-refractivity contribution in [3.63, 3.8) is 0 Å². The number of aliphatic imine (C=N–C) groups is 1. The lowest BCUT2D eigenvalue weighted by molar-refractivity contribution is -0.384. The molecule has 0 saturated carbocycles. The van der Waals surface area contributed by atoms with Crippen molar-refractivity contribution in [1.82, 2.24) is 0 Å². The zero-order valence-electron chi connectivity index (χ0n) is 13.6. The van der Waals surface area contributed by atoms with E-state index in [2.05, 4.69) is 4.99 Å². The van der Waals surface area contributed by atoms with E-state index >= 15 is 0 Å². The number of hydrogen-bond acceptors (Lipinski definition) is 6. The zero-order valence-corrected chi connectivity index (χ0v) is 14.4. The standard InChI is InChI=1S/C18H13ClN2O5/c1-2-25-13-5-3-4-11(8-13)9-16-18(22)26-17(20-16)14-10-12(21(23)24)6-7-15(14)19/h3-10H,2H2,1H3/b16-9-. The van der Waals surface area contributed by atoms with Crippen molar-refractivity contribution in [2.75, 3.05) is 6.61 Å². The van der Waals surface area contributed by atoms with Crippen molar-refractivity contribution in [1.29, 1.82) is 0 Å². The number of cyclic esters (lactones) is 1. The Kier molecular flexibility index (Phi) is 4.99. The highest BCUT2D eigenvalue weighted by atomic mass is 35.5. The van der Waals surface area contributed by atoms with Gasteiger partial charge in [-0.05, 0) is 36.8 Å². The number of non-ortho nitro benzene ring substituents is 1. The van der Waals surface area contributed by atoms with Gasteiger partial charge < -0.3 is 9.47 Å². The highest BCUT2D eigenvalue weighted by Crippen LogP contribution is 2.27. The van der Waals surface area contributed by atoms with Gasteiger partial charge in [-0.2, -0.15) is 0 Å². The number of hydrogen-bond donors (Lipinski definition) is 0. The number of esters is 1. The Morgan fingerprint density at radius 3 is 2.85 bits per heavy atom. The Balaban J connectivity index is 1.96. The molecule has 0 radical (unpaired) electrons. The summed E-state index contributed by atoms with van der Waals surface area (Å²) in [6.07, 6.45) is 1.54. The van der Waals surface area contributed by atoms with Crippen molar-refractivity contribution in [2.24, 2.45) is 4.99 Å². The summed E-state index contributed by atoms with van der Waals surface area (Å²) < 4.78 is 10.5. The molecule has 8 heteroatoms. The number of nitrogens with zero attached hydrogens (tertiary/aromatic N) is 2. The third kappa shape index (κ3) is 3.73. The average molecular weight is 373 g/mol. The minimum absolute atomic E-state index is 0.0659. The maximum absolute atomic E-state index is 12.1. The number of nitro groups is 1. The minimum Gasteiger partial charge on any atom is -0.494 e. The summed E-state index contributed by atoms with van der Waals surface area (Å²) in [5, 5.41) is 11.1. The smallest absolute Gasteiger partial charge is 0.363 e. The number of ether oxygens (including phenoxy) is 2. The molecular weight excluding hydrogens is 360 g/mol. The number of carbonyl (C=O) groups is 1. The van der Waals surface area contributed by atoms with Crippen LogP contribution < -0.4 is 4.74 Å². The first-order chi connectivity index (χ1) is 12.5. The Hall–Kier alpha value is -3.19. The number of benzene rings is 2. The molecule has 1 heterocycles. The van der Waals surface area contributed by atoms with Crippen molar-refractivity contribution < 1.29 is 19.2 Å². The number of halogens is 1. The van der Waals surface area contributed by atoms with Crippen LogP contribution in [0.3, 0.4) is 0 Å². The largest absolute Gasteiger partial charge is 0.494 e. The molecule has 0 spiro atoms. The molecule has 1 aliphatic rings. The lowest BCUT2D eigenvalue weighted by atomic mass is 10.2. The molecule has 0 saturated heterocycles. The third-order valence-corrected chi connectivity index (χ3v) is 3.81. The first-order valence-electron chi connectivity index (χ1n) is 7.67. The topological polar surface area (TPSA) is 91.0 Å². The molecule has 2 aromatic rings. The first-order valence-corrected chi connectivity index (χ1v) is 8.05. The number of carbonyl (C=O) groups excluding carboxylic acids is 1. The summed E-state index contributed by atoms with van der Waals surface area (Å²) in [6, 6.07) is 11.0. The lowest BCUT2D eigenvalue weighted by Gasteiger charge is -2.03. The van der Waals surface area contributed by atoms with Gasteiger partial charge in [-0.3, -0.25) is 10.1 Å². The van der Waals surface area contributed by atoms with Gasteiger partial charge in [0, 0.05) is 12.1 Å². The third-order valence-electron chi connectivity index (χ3n) is 3.48. The number of nitro benzene ring substituents is 1. The van der Waals surface area contributed by atoms with E-state index in [9.17, 15) is 14.9 Å². The van der Waals surface area contributed by atoms with Crippen LogP contribution in [0.1, 0.15) is 18.1 Å². The molecule has 0 amide bonds. The van der Waals surface area contributed by atoms with Crippen LogP contribution >= 0.6 is 11.6 Å². The maximum atomic E-state index is 12.1. The van der Waals surface area contributed by atoms with E-state index < -0.39 is 10.9 Å². The van der Waals surface area contributed by atoms with Crippen molar-refractivity contribution in [2.45, 2.75) is 6.92 Å². The molecule has 132 valence electrons. The van der Waals surface area contributed by atoms with E-state index in [-0.39, 0.29) is 27.9 Å². The van der Waals surface area contributed by atoms with Gasteiger partial charge in [0.1, 0.15) is 5.75 Å². The summed E-state index contributed by atoms with van der Waals surface area (Å²) in [5.74, 6) is -0.0700. The summed E-state index contributed by atoms with van der Waals surface area (Å²) in [7, 11) is 0. The summed E-state index contributed by atoms with van der Waals surface area (Å²) in [4.78, 5) is 26.6. The summed E-state index contributed by atoms with van der Waals surface area (Å²) in [5.41, 5.74) is 0.778. The van der Waals surface area contributed by atoms with Gasteiger partial charge in [-0.25, -0.2) is 9.79 Å². The quantitative estimate of drug-likeness (QED) is 0.342. The second-order valence-electron chi connectivity index (χ2n) is 5.26. The molecule has 1 aliphatic heterocycles. The molecule has 3 rings (SSSR count). The molecule has 7 nitrogen and oxygen atoms in total. The van der Waals surface area contributed by atoms with Crippen LogP contribution in [0.5, 0.6) is 5.75 Å². The fourth-order valence-corrected chi connectivity index (χ4v) is 2.53. The van der Waals surface area contributed by atoms with Gasteiger partial charge in [-0.1, -0.05) is 23.7 Å². The van der Waals surface area contributed by atoms with E-state index in [1.807, 2.05) is 6.92 Å². The molecule has 0 aromatic heterocycles. The Bertz CT molecular complexity index is 952. The van der Waals surface area contributed by atoms with E-state index in [4.69, 9.17) is 21.1 Å². The number of rotatable bonds is 5. The predicted molar refractivity (Wildman–Crippen MR) is 96.3 cm³/mol. The van der Waals surface area contributed by atoms with E-state index in [0.717, 1.165) is 0 Å². The molecule has 0 aliphatic carbocycles.